The molecule has 1 aromatic heterocycles. The minimum atomic E-state index is 0. The quantitative estimate of drug-likeness (QED) is 0.206. The van der Waals surface area contributed by atoms with Gasteiger partial charge in [0, 0.05) is 40.4 Å². The van der Waals surface area contributed by atoms with Crippen LogP contribution in [0.5, 0.6) is 0 Å². The summed E-state index contributed by atoms with van der Waals surface area (Å²) >= 11 is 0. The van der Waals surface area contributed by atoms with Crippen LogP contribution >= 0.6 is 24.0 Å². The minimum Gasteiger partial charge on any atom is -0.385 e. The molecule has 0 unspecified atom stereocenters. The van der Waals surface area contributed by atoms with Gasteiger partial charge in [-0.25, -0.2) is 4.99 Å². The molecule has 0 aliphatic rings. The van der Waals surface area contributed by atoms with Gasteiger partial charge in [-0.3, -0.25) is 0 Å². The number of aromatic nitrogens is 3. The first-order valence-corrected chi connectivity index (χ1v) is 9.68. The lowest BCUT2D eigenvalue weighted by molar-refractivity contribution is 0.180. The number of hydrogen-bond acceptors (Lipinski definition) is 5. The molecule has 0 aliphatic carbocycles. The number of methoxy groups -OCH3 is 1. The number of benzene rings is 1. The molecule has 162 valence electrons. The third-order valence-electron chi connectivity index (χ3n) is 4.53. The fourth-order valence-corrected chi connectivity index (χ4v) is 2.65. The van der Waals surface area contributed by atoms with Gasteiger partial charge in [0.1, 0.15) is 5.82 Å². The van der Waals surface area contributed by atoms with Crippen molar-refractivity contribution in [2.75, 3.05) is 40.4 Å². The molecule has 1 aromatic carbocycles. The highest BCUT2D eigenvalue weighted by Crippen LogP contribution is 2.01. The first kappa shape index (κ1) is 25.3. The van der Waals surface area contributed by atoms with Crippen LogP contribution in [0.25, 0.3) is 0 Å². The lowest BCUT2D eigenvalue weighted by Crippen LogP contribution is -2.41. The molecule has 2 aromatic rings. The van der Waals surface area contributed by atoms with Gasteiger partial charge in [-0.2, -0.15) is 0 Å². The van der Waals surface area contributed by atoms with Crippen LogP contribution in [0.1, 0.15) is 23.6 Å². The van der Waals surface area contributed by atoms with Gasteiger partial charge in [0.05, 0.1) is 13.1 Å². The minimum absolute atomic E-state index is 0. The first-order chi connectivity index (χ1) is 13.6. The monoisotopic (exact) mass is 515 g/mol. The summed E-state index contributed by atoms with van der Waals surface area (Å²) < 4.78 is 7.09. The maximum atomic E-state index is 5.11. The number of aliphatic imine (C=N–C) groups is 1. The highest BCUT2D eigenvalue weighted by Gasteiger charge is 2.07. The van der Waals surface area contributed by atoms with E-state index in [2.05, 4.69) is 44.9 Å². The lowest BCUT2D eigenvalue weighted by atomic mass is 10.2. The Morgan fingerprint density at radius 1 is 1.17 bits per heavy atom. The molecule has 0 radical (unpaired) electrons. The summed E-state index contributed by atoms with van der Waals surface area (Å²) in [4.78, 5) is 7.00. The summed E-state index contributed by atoms with van der Waals surface area (Å²) in [5.41, 5.74) is 1.18. The first-order valence-electron chi connectivity index (χ1n) is 9.68. The summed E-state index contributed by atoms with van der Waals surface area (Å²) in [6.07, 6.45) is 1.03. The Balaban J connectivity index is 0.00000420. The normalized spacial score (nSPS) is 11.4. The number of rotatable bonds is 11. The van der Waals surface area contributed by atoms with E-state index in [0.717, 1.165) is 50.3 Å². The van der Waals surface area contributed by atoms with Gasteiger partial charge in [-0.05, 0) is 26.0 Å². The zero-order chi connectivity index (χ0) is 20.2. The van der Waals surface area contributed by atoms with Crippen molar-refractivity contribution in [3.63, 3.8) is 0 Å². The maximum absolute atomic E-state index is 5.11. The third kappa shape index (κ3) is 9.55. The summed E-state index contributed by atoms with van der Waals surface area (Å²) in [6, 6.07) is 10.2. The number of nitrogens with one attached hydrogen (secondary N) is 2. The average Bonchev–Trinajstić information content (AvgIpc) is 3.02. The Hall–Kier alpha value is -1.72. The average molecular weight is 515 g/mol. The predicted molar refractivity (Wildman–Crippen MR) is 128 cm³/mol. The Kier molecular flexibility index (Phi) is 12.5. The molecule has 0 aliphatic heterocycles. The summed E-state index contributed by atoms with van der Waals surface area (Å²) in [5, 5.41) is 15.1. The van der Waals surface area contributed by atoms with Crippen molar-refractivity contribution >= 4 is 29.9 Å². The van der Waals surface area contributed by atoms with Crippen molar-refractivity contribution in [2.45, 2.75) is 26.4 Å². The molecule has 1 heterocycles. The number of nitrogens with zero attached hydrogens (tertiary/aromatic N) is 5. The van der Waals surface area contributed by atoms with E-state index in [4.69, 9.17) is 9.73 Å². The largest absolute Gasteiger partial charge is 0.385 e. The highest BCUT2D eigenvalue weighted by molar-refractivity contribution is 14.0. The molecular formula is C20H34IN7O. The van der Waals surface area contributed by atoms with E-state index in [0.29, 0.717) is 13.1 Å². The fraction of sp³-hybridized carbons (Fsp3) is 0.550. The van der Waals surface area contributed by atoms with Crippen LogP contribution in [0.2, 0.25) is 0 Å². The smallest absolute Gasteiger partial charge is 0.192 e. The molecule has 0 spiro atoms. The summed E-state index contributed by atoms with van der Waals surface area (Å²) in [7, 11) is 5.82. The number of guanidine groups is 1. The van der Waals surface area contributed by atoms with E-state index in [1.165, 1.54) is 5.56 Å². The zero-order valence-corrected chi connectivity index (χ0v) is 20.2. The van der Waals surface area contributed by atoms with Gasteiger partial charge in [0.25, 0.3) is 0 Å². The van der Waals surface area contributed by atoms with E-state index in [1.807, 2.05) is 36.7 Å². The lowest BCUT2D eigenvalue weighted by Gasteiger charge is -2.18. The zero-order valence-electron chi connectivity index (χ0n) is 17.9. The van der Waals surface area contributed by atoms with Crippen LogP contribution in [0.15, 0.2) is 35.3 Å². The van der Waals surface area contributed by atoms with Crippen LogP contribution in [-0.4, -0.2) is 66.0 Å². The molecule has 29 heavy (non-hydrogen) atoms. The topological polar surface area (TPSA) is 79.6 Å². The van der Waals surface area contributed by atoms with Crippen LogP contribution in [0.3, 0.4) is 0 Å². The van der Waals surface area contributed by atoms with Crippen molar-refractivity contribution < 1.29 is 4.74 Å². The standard InChI is InChI=1S/C20H33N7O.HI/c1-17-24-25-19(27(17)3)16-23-20(22-15-18-9-6-5-7-10-18)21-11-13-26(2)12-8-14-28-4;/h5-7,9-10H,8,11-16H2,1-4H3,(H2,21,22,23);1H. The molecule has 2 rings (SSSR count). The van der Waals surface area contributed by atoms with Crippen LogP contribution in [0.4, 0.5) is 0 Å². The van der Waals surface area contributed by atoms with Gasteiger partial charge in [-0.15, -0.1) is 34.2 Å². The molecule has 0 saturated heterocycles. The van der Waals surface area contributed by atoms with Gasteiger partial charge in [-0.1, -0.05) is 30.3 Å². The maximum Gasteiger partial charge on any atom is 0.192 e. The third-order valence-corrected chi connectivity index (χ3v) is 4.53. The highest BCUT2D eigenvalue weighted by atomic mass is 127. The van der Waals surface area contributed by atoms with E-state index in [1.54, 1.807) is 7.11 Å². The number of likely N-dealkylation sites (N-methyl/N-ethyl adjacent to an activating group) is 1. The molecule has 0 amide bonds. The van der Waals surface area contributed by atoms with E-state index < -0.39 is 0 Å². The molecule has 0 fully saturated rings. The van der Waals surface area contributed by atoms with Crippen molar-refractivity contribution in [1.29, 1.82) is 0 Å². The Labute approximate surface area is 191 Å². The van der Waals surface area contributed by atoms with Crippen LogP contribution in [-0.2, 0) is 24.9 Å². The second-order valence-corrected chi connectivity index (χ2v) is 6.80. The number of aryl methyl sites for hydroxylation is 1. The Morgan fingerprint density at radius 3 is 2.59 bits per heavy atom. The molecule has 2 N–H and O–H groups in total. The Morgan fingerprint density at radius 2 is 1.93 bits per heavy atom. The second-order valence-electron chi connectivity index (χ2n) is 6.80. The molecule has 9 heteroatoms. The molecular weight excluding hydrogens is 481 g/mol. The van der Waals surface area contributed by atoms with Gasteiger partial charge in [0.2, 0.25) is 0 Å². The van der Waals surface area contributed by atoms with Crippen molar-refractivity contribution in [1.82, 2.24) is 30.3 Å². The Bertz CT molecular complexity index is 721. The molecule has 0 bridgehead atoms. The van der Waals surface area contributed by atoms with E-state index in [-0.39, 0.29) is 24.0 Å². The summed E-state index contributed by atoms with van der Waals surface area (Å²) in [5.74, 6) is 2.54. The predicted octanol–water partition coefficient (Wildman–Crippen LogP) is 1.95. The van der Waals surface area contributed by atoms with E-state index in [9.17, 15) is 0 Å². The van der Waals surface area contributed by atoms with Gasteiger partial charge in [0.15, 0.2) is 11.8 Å². The SMILES string of the molecule is COCCCN(C)CCNC(=NCc1ccccc1)NCc1nnc(C)n1C.I. The molecule has 0 atom stereocenters. The van der Waals surface area contributed by atoms with E-state index >= 15 is 0 Å². The van der Waals surface area contributed by atoms with Gasteiger partial charge < -0.3 is 24.8 Å². The van der Waals surface area contributed by atoms with Crippen molar-refractivity contribution in [3.8, 4) is 0 Å². The number of ether oxygens (including phenoxy) is 1. The molecule has 8 nitrogen and oxygen atoms in total. The van der Waals surface area contributed by atoms with Crippen molar-refractivity contribution in [3.05, 3.63) is 47.5 Å². The molecule has 0 saturated carbocycles. The number of hydrogen-bond donors (Lipinski definition) is 2. The number of halogens is 1. The van der Waals surface area contributed by atoms with Crippen LogP contribution < -0.4 is 10.6 Å². The van der Waals surface area contributed by atoms with Crippen molar-refractivity contribution in [2.24, 2.45) is 12.0 Å². The fourth-order valence-electron chi connectivity index (χ4n) is 2.65. The second kappa shape index (κ2) is 14.3. The summed E-state index contributed by atoms with van der Waals surface area (Å²) in [6.45, 7) is 6.68. The van der Waals surface area contributed by atoms with Gasteiger partial charge >= 0.3 is 0 Å². The van der Waals surface area contributed by atoms with Crippen LogP contribution in [0, 0.1) is 6.92 Å².